The fourth-order valence-corrected chi connectivity index (χ4v) is 1.96. The summed E-state index contributed by atoms with van der Waals surface area (Å²) in [7, 11) is -1.09. The zero-order chi connectivity index (χ0) is 11.1. The minimum absolute atomic E-state index is 0.129. The number of aliphatic carboxylic acids is 1. The van der Waals surface area contributed by atoms with Gasteiger partial charge in [-0.05, 0) is 13.8 Å². The number of carboxylic acids is 1. The zero-order valence-corrected chi connectivity index (χ0v) is 9.67. The van der Waals surface area contributed by atoms with Gasteiger partial charge in [0.05, 0.1) is 18.6 Å². The van der Waals surface area contributed by atoms with Crippen molar-refractivity contribution in [1.29, 1.82) is 0 Å². The monoisotopic (exact) mass is 222 g/mol. The summed E-state index contributed by atoms with van der Waals surface area (Å²) in [6.45, 7) is 5.80. The highest BCUT2D eigenvalue weighted by atomic mass is 32.2. The van der Waals surface area contributed by atoms with Gasteiger partial charge in [0.2, 0.25) is 0 Å². The van der Waals surface area contributed by atoms with Crippen molar-refractivity contribution in [2.75, 3.05) is 18.1 Å². The summed E-state index contributed by atoms with van der Waals surface area (Å²) in [6, 6.07) is 0. The zero-order valence-electron chi connectivity index (χ0n) is 8.86. The van der Waals surface area contributed by atoms with Crippen LogP contribution < -0.4 is 0 Å². The Morgan fingerprint density at radius 3 is 2.43 bits per heavy atom. The van der Waals surface area contributed by atoms with Crippen molar-refractivity contribution >= 4 is 16.8 Å². The first-order valence-corrected chi connectivity index (χ1v) is 6.11. The molecule has 0 heterocycles. The predicted octanol–water partition coefficient (Wildman–Crippen LogP) is 0.881. The van der Waals surface area contributed by atoms with E-state index in [9.17, 15) is 9.00 Å². The van der Waals surface area contributed by atoms with E-state index in [1.54, 1.807) is 6.92 Å². The van der Waals surface area contributed by atoms with E-state index in [4.69, 9.17) is 9.84 Å². The summed E-state index contributed by atoms with van der Waals surface area (Å²) in [5.41, 5.74) is 0. The largest absolute Gasteiger partial charge is 0.481 e. The smallest absolute Gasteiger partial charge is 0.307 e. The van der Waals surface area contributed by atoms with Gasteiger partial charge < -0.3 is 9.84 Å². The van der Waals surface area contributed by atoms with Gasteiger partial charge in [-0.1, -0.05) is 6.92 Å². The van der Waals surface area contributed by atoms with Crippen LogP contribution in [0.25, 0.3) is 0 Å². The van der Waals surface area contributed by atoms with Crippen molar-refractivity contribution in [1.82, 2.24) is 0 Å². The number of hydrogen-bond donors (Lipinski definition) is 1. The van der Waals surface area contributed by atoms with Crippen LogP contribution >= 0.6 is 0 Å². The standard InChI is InChI=1S/C9H18O4S/c1-7(2)13-4-5-14(12)6-8(3)9(10)11/h7-8H,4-6H2,1-3H3,(H,10,11). The Morgan fingerprint density at radius 1 is 1.43 bits per heavy atom. The van der Waals surface area contributed by atoms with Crippen LogP contribution in [0.1, 0.15) is 20.8 Å². The molecule has 84 valence electrons. The number of carbonyl (C=O) groups is 1. The molecule has 0 saturated heterocycles. The van der Waals surface area contributed by atoms with Crippen molar-refractivity contribution < 1.29 is 18.8 Å². The van der Waals surface area contributed by atoms with Gasteiger partial charge in [0.1, 0.15) is 0 Å². The van der Waals surface area contributed by atoms with Gasteiger partial charge in [0.15, 0.2) is 0 Å². The Balaban J connectivity index is 3.60. The lowest BCUT2D eigenvalue weighted by atomic mass is 10.2. The Hall–Kier alpha value is -0.420. The van der Waals surface area contributed by atoms with Crippen LogP contribution in [-0.2, 0) is 20.3 Å². The summed E-state index contributed by atoms with van der Waals surface area (Å²) in [5, 5.41) is 8.58. The lowest BCUT2D eigenvalue weighted by Gasteiger charge is -2.08. The average molecular weight is 222 g/mol. The molecule has 4 nitrogen and oxygen atoms in total. The number of ether oxygens (including phenoxy) is 1. The fraction of sp³-hybridized carbons (Fsp3) is 0.889. The molecule has 0 fully saturated rings. The highest BCUT2D eigenvalue weighted by Gasteiger charge is 2.14. The summed E-state index contributed by atoms with van der Waals surface area (Å²) >= 11 is 0. The molecule has 0 rings (SSSR count). The van der Waals surface area contributed by atoms with E-state index in [0.717, 1.165) is 0 Å². The third-order valence-electron chi connectivity index (χ3n) is 1.62. The minimum Gasteiger partial charge on any atom is -0.481 e. The molecule has 0 spiro atoms. The van der Waals surface area contributed by atoms with Gasteiger partial charge in [0.25, 0.3) is 0 Å². The molecule has 0 aliphatic heterocycles. The van der Waals surface area contributed by atoms with E-state index in [1.807, 2.05) is 13.8 Å². The number of rotatable bonds is 7. The minimum atomic E-state index is -1.09. The first-order chi connectivity index (χ1) is 6.43. The predicted molar refractivity (Wildman–Crippen MR) is 55.8 cm³/mol. The molecule has 5 heteroatoms. The second kappa shape index (κ2) is 6.95. The highest BCUT2D eigenvalue weighted by Crippen LogP contribution is 1.99. The maximum Gasteiger partial charge on any atom is 0.307 e. The van der Waals surface area contributed by atoms with Crippen molar-refractivity contribution in [2.24, 2.45) is 5.92 Å². The van der Waals surface area contributed by atoms with Crippen LogP contribution in [0.4, 0.5) is 0 Å². The molecule has 0 aliphatic rings. The van der Waals surface area contributed by atoms with Crippen molar-refractivity contribution in [2.45, 2.75) is 26.9 Å². The molecule has 0 amide bonds. The van der Waals surface area contributed by atoms with E-state index in [0.29, 0.717) is 12.4 Å². The van der Waals surface area contributed by atoms with Gasteiger partial charge in [0, 0.05) is 22.3 Å². The van der Waals surface area contributed by atoms with Crippen LogP contribution in [0.3, 0.4) is 0 Å². The Bertz CT molecular complexity index is 203. The molecule has 2 atom stereocenters. The summed E-state index contributed by atoms with van der Waals surface area (Å²) < 4.78 is 16.5. The van der Waals surface area contributed by atoms with Gasteiger partial charge in [-0.3, -0.25) is 9.00 Å². The van der Waals surface area contributed by atoms with Gasteiger partial charge in [-0.2, -0.15) is 0 Å². The molecule has 14 heavy (non-hydrogen) atoms. The summed E-state index contributed by atoms with van der Waals surface area (Å²) in [6.07, 6.45) is 0.129. The van der Waals surface area contributed by atoms with Crippen molar-refractivity contribution in [3.05, 3.63) is 0 Å². The summed E-state index contributed by atoms with van der Waals surface area (Å²) in [5.74, 6) is -0.829. The maximum absolute atomic E-state index is 11.3. The van der Waals surface area contributed by atoms with Crippen LogP contribution in [-0.4, -0.2) is 39.5 Å². The highest BCUT2D eigenvalue weighted by molar-refractivity contribution is 7.85. The molecule has 2 unspecified atom stereocenters. The first-order valence-electron chi connectivity index (χ1n) is 4.63. The Labute approximate surface area is 87.1 Å². The van der Waals surface area contributed by atoms with E-state index in [-0.39, 0.29) is 11.9 Å². The molecule has 0 aromatic rings. The lowest BCUT2D eigenvalue weighted by molar-refractivity contribution is -0.140. The van der Waals surface area contributed by atoms with Gasteiger partial charge in [-0.25, -0.2) is 0 Å². The van der Waals surface area contributed by atoms with Crippen LogP contribution in [0, 0.1) is 5.92 Å². The van der Waals surface area contributed by atoms with E-state index in [1.165, 1.54) is 0 Å². The average Bonchev–Trinajstić information content (AvgIpc) is 2.02. The number of hydrogen-bond acceptors (Lipinski definition) is 3. The van der Waals surface area contributed by atoms with E-state index >= 15 is 0 Å². The fourth-order valence-electron chi connectivity index (χ4n) is 0.810. The lowest BCUT2D eigenvalue weighted by Crippen LogP contribution is -2.21. The second-order valence-corrected chi connectivity index (χ2v) is 5.09. The SMILES string of the molecule is CC(C)OCCS(=O)CC(C)C(=O)O. The Morgan fingerprint density at radius 2 is 2.00 bits per heavy atom. The molecule has 0 aliphatic carbocycles. The molecular weight excluding hydrogens is 204 g/mol. The third kappa shape index (κ3) is 7.03. The normalized spacial score (nSPS) is 15.4. The molecule has 0 saturated carbocycles. The topological polar surface area (TPSA) is 63.6 Å². The van der Waals surface area contributed by atoms with Crippen LogP contribution in [0.15, 0.2) is 0 Å². The summed E-state index contributed by atoms with van der Waals surface area (Å²) in [4.78, 5) is 10.5. The molecule has 0 radical (unpaired) electrons. The Kier molecular flexibility index (Phi) is 6.74. The van der Waals surface area contributed by atoms with Gasteiger partial charge >= 0.3 is 5.97 Å². The molecular formula is C9H18O4S. The first kappa shape index (κ1) is 13.6. The van der Waals surface area contributed by atoms with Crippen LogP contribution in [0.2, 0.25) is 0 Å². The van der Waals surface area contributed by atoms with Crippen LogP contribution in [0.5, 0.6) is 0 Å². The third-order valence-corrected chi connectivity index (χ3v) is 3.11. The molecule has 0 aromatic carbocycles. The van der Waals surface area contributed by atoms with E-state index in [2.05, 4.69) is 0 Å². The number of carboxylic acid groups (broad SMARTS) is 1. The molecule has 0 bridgehead atoms. The van der Waals surface area contributed by atoms with Crippen molar-refractivity contribution in [3.63, 3.8) is 0 Å². The molecule has 1 N–H and O–H groups in total. The quantitative estimate of drug-likeness (QED) is 0.694. The second-order valence-electron chi connectivity index (χ2n) is 3.47. The maximum atomic E-state index is 11.3. The van der Waals surface area contributed by atoms with Gasteiger partial charge in [-0.15, -0.1) is 0 Å². The van der Waals surface area contributed by atoms with E-state index < -0.39 is 22.7 Å². The molecule has 0 aromatic heterocycles. The van der Waals surface area contributed by atoms with Crippen molar-refractivity contribution in [3.8, 4) is 0 Å².